The van der Waals surface area contributed by atoms with Gasteiger partial charge in [0.25, 0.3) is 11.8 Å². The lowest BCUT2D eigenvalue weighted by atomic mass is 10.0. The number of nitrogens with one attached hydrogen (secondary N) is 2. The minimum Gasteiger partial charge on any atom is -0.463 e. The number of benzene rings is 1. The maximum atomic E-state index is 13.2. The second kappa shape index (κ2) is 23.7. The second-order valence-electron chi connectivity index (χ2n) is 13.6. The number of hydrogen-bond acceptors (Lipinski definition) is 8. The zero-order valence-electron chi connectivity index (χ0n) is 30.2. The molecule has 2 N–H and O–H groups in total. The lowest BCUT2D eigenvalue weighted by molar-refractivity contribution is -0.145. The number of piperidine rings is 1. The Morgan fingerprint density at radius 1 is 0.740 bits per heavy atom. The van der Waals surface area contributed by atoms with E-state index in [9.17, 15) is 28.8 Å². The smallest absolute Gasteiger partial charge is 0.305 e. The number of imide groups is 2. The fourth-order valence-electron chi connectivity index (χ4n) is 6.53. The topological polar surface area (TPSA) is 148 Å². The van der Waals surface area contributed by atoms with Gasteiger partial charge in [-0.2, -0.15) is 0 Å². The number of rotatable bonds is 27. The molecule has 1 saturated heterocycles. The van der Waals surface area contributed by atoms with Gasteiger partial charge in [-0.1, -0.05) is 109 Å². The number of nitrogens with zero attached hydrogens (tertiary/aromatic N) is 1. The van der Waals surface area contributed by atoms with Crippen molar-refractivity contribution in [1.29, 1.82) is 0 Å². The second-order valence-corrected chi connectivity index (χ2v) is 13.6. The van der Waals surface area contributed by atoms with Gasteiger partial charge in [0.05, 0.1) is 23.4 Å². The summed E-state index contributed by atoms with van der Waals surface area (Å²) < 4.78 is 10.8. The first-order valence-electron chi connectivity index (χ1n) is 19.2. The average Bonchev–Trinajstić information content (AvgIpc) is 3.35. The number of ether oxygens (including phenoxy) is 2. The molecular formula is C39H59N3O8. The highest BCUT2D eigenvalue weighted by Crippen LogP contribution is 2.32. The molecule has 0 bridgehead atoms. The van der Waals surface area contributed by atoms with E-state index in [4.69, 9.17) is 9.47 Å². The number of anilines is 1. The van der Waals surface area contributed by atoms with Crippen molar-refractivity contribution < 1.29 is 38.2 Å². The average molecular weight is 698 g/mol. The summed E-state index contributed by atoms with van der Waals surface area (Å²) in [7, 11) is 0. The van der Waals surface area contributed by atoms with E-state index in [-0.39, 0.29) is 54.6 Å². The number of esters is 1. The summed E-state index contributed by atoms with van der Waals surface area (Å²) in [6.07, 6.45) is 22.2. The van der Waals surface area contributed by atoms with Crippen LogP contribution in [-0.4, -0.2) is 66.3 Å². The van der Waals surface area contributed by atoms with Crippen molar-refractivity contribution in [3.05, 3.63) is 29.3 Å². The van der Waals surface area contributed by atoms with Crippen molar-refractivity contribution in [2.24, 2.45) is 0 Å². The minimum atomic E-state index is -1.07. The van der Waals surface area contributed by atoms with Crippen LogP contribution in [0.2, 0.25) is 0 Å². The lowest BCUT2D eigenvalue weighted by Gasteiger charge is -2.27. The molecule has 5 amide bonds. The van der Waals surface area contributed by atoms with Crippen molar-refractivity contribution in [1.82, 2.24) is 10.2 Å². The Labute approximate surface area is 298 Å². The normalized spacial score (nSPS) is 15.7. The van der Waals surface area contributed by atoms with E-state index in [1.165, 1.54) is 89.5 Å². The summed E-state index contributed by atoms with van der Waals surface area (Å²) in [6, 6.07) is 3.54. The number of fused-ring (bicyclic) bond motifs is 1. The summed E-state index contributed by atoms with van der Waals surface area (Å²) in [6.45, 7) is 3.34. The molecule has 2 aliphatic rings. The molecule has 0 aromatic heterocycles. The summed E-state index contributed by atoms with van der Waals surface area (Å²) in [5, 5.41) is 4.91. The Morgan fingerprint density at radius 2 is 1.34 bits per heavy atom. The molecule has 0 radical (unpaired) electrons. The molecule has 278 valence electrons. The van der Waals surface area contributed by atoms with E-state index in [0.29, 0.717) is 26.1 Å². The first-order chi connectivity index (χ1) is 24.3. The van der Waals surface area contributed by atoms with Gasteiger partial charge in [-0.25, -0.2) is 0 Å². The molecule has 1 aromatic carbocycles. The molecule has 3 rings (SSSR count). The van der Waals surface area contributed by atoms with Crippen LogP contribution in [0.5, 0.6) is 0 Å². The Kier molecular flexibility index (Phi) is 19.4. The van der Waals surface area contributed by atoms with Crippen LogP contribution in [0.4, 0.5) is 5.69 Å². The summed E-state index contributed by atoms with van der Waals surface area (Å²) in [4.78, 5) is 75.5. The zero-order chi connectivity index (χ0) is 36.0. The number of amides is 5. The van der Waals surface area contributed by atoms with E-state index in [1.54, 1.807) is 12.1 Å². The van der Waals surface area contributed by atoms with Crippen LogP contribution in [0.3, 0.4) is 0 Å². The third kappa shape index (κ3) is 14.3. The maximum absolute atomic E-state index is 13.2. The fourth-order valence-corrected chi connectivity index (χ4v) is 6.53. The molecule has 2 aliphatic heterocycles. The quantitative estimate of drug-likeness (QED) is 0.0549. The molecule has 50 heavy (non-hydrogen) atoms. The van der Waals surface area contributed by atoms with Gasteiger partial charge in [-0.15, -0.1) is 0 Å². The molecule has 1 atom stereocenters. The molecule has 11 heteroatoms. The standard InChI is InChI=1S/C39H59N3O8/c1-2-3-4-5-6-7-8-9-10-11-12-13-14-15-18-24-35(45)50-29-28-49-27-19-16-17-23-33(43)40-31-22-20-21-30-36(31)39(48)42(38(30)47)32-25-26-34(44)41-37(32)46/h20-22,32H,2-19,23-29H2,1H3,(H,40,43)(H,41,44,46). The lowest BCUT2D eigenvalue weighted by Crippen LogP contribution is -2.54. The van der Waals surface area contributed by atoms with E-state index < -0.39 is 29.7 Å². The summed E-state index contributed by atoms with van der Waals surface area (Å²) in [5.74, 6) is -2.87. The number of carbonyl (C=O) groups is 6. The highest BCUT2D eigenvalue weighted by atomic mass is 16.6. The predicted molar refractivity (Wildman–Crippen MR) is 192 cm³/mol. The molecule has 0 spiro atoms. The van der Waals surface area contributed by atoms with Crippen molar-refractivity contribution in [2.45, 2.75) is 154 Å². The van der Waals surface area contributed by atoms with E-state index in [0.717, 1.165) is 30.6 Å². The van der Waals surface area contributed by atoms with Crippen LogP contribution < -0.4 is 10.6 Å². The first kappa shape index (κ1) is 40.8. The third-order valence-corrected chi connectivity index (χ3v) is 9.41. The van der Waals surface area contributed by atoms with Gasteiger partial charge in [0.2, 0.25) is 17.7 Å². The Hall–Kier alpha value is -3.60. The van der Waals surface area contributed by atoms with E-state index >= 15 is 0 Å². The van der Waals surface area contributed by atoms with E-state index in [1.807, 2.05) is 0 Å². The molecule has 0 saturated carbocycles. The first-order valence-corrected chi connectivity index (χ1v) is 19.2. The Bertz CT molecular complexity index is 1270. The van der Waals surface area contributed by atoms with Gasteiger partial charge in [0.15, 0.2) is 0 Å². The van der Waals surface area contributed by atoms with E-state index in [2.05, 4.69) is 17.6 Å². The summed E-state index contributed by atoms with van der Waals surface area (Å²) in [5.41, 5.74) is 0.392. The minimum absolute atomic E-state index is 0.0332. The van der Waals surface area contributed by atoms with Crippen LogP contribution in [0, 0.1) is 0 Å². The molecule has 0 aliphatic carbocycles. The SMILES string of the molecule is CCCCCCCCCCCCCCCCCC(=O)OCCOCCCCCC(=O)Nc1cccc2c1C(=O)N(C1CCC(=O)NC1=O)C2=O. The Balaban J connectivity index is 1.14. The van der Waals surface area contributed by atoms with Gasteiger partial charge in [0.1, 0.15) is 12.6 Å². The highest BCUT2D eigenvalue weighted by molar-refractivity contribution is 6.26. The van der Waals surface area contributed by atoms with Gasteiger partial charge in [0, 0.05) is 25.9 Å². The van der Waals surface area contributed by atoms with Gasteiger partial charge in [-0.3, -0.25) is 39.0 Å². The van der Waals surface area contributed by atoms with Gasteiger partial charge < -0.3 is 14.8 Å². The fraction of sp³-hybridized carbons (Fsp3) is 0.692. The maximum Gasteiger partial charge on any atom is 0.305 e. The largest absolute Gasteiger partial charge is 0.463 e. The Morgan fingerprint density at radius 3 is 1.98 bits per heavy atom. The molecule has 2 heterocycles. The number of hydrogen-bond donors (Lipinski definition) is 2. The van der Waals surface area contributed by atoms with Crippen molar-refractivity contribution in [3.8, 4) is 0 Å². The van der Waals surface area contributed by atoms with Crippen molar-refractivity contribution >= 4 is 41.2 Å². The molecule has 1 fully saturated rings. The molecule has 1 aromatic rings. The predicted octanol–water partition coefficient (Wildman–Crippen LogP) is 7.41. The molecular weight excluding hydrogens is 638 g/mol. The van der Waals surface area contributed by atoms with Crippen LogP contribution in [0.15, 0.2) is 18.2 Å². The van der Waals surface area contributed by atoms with Crippen LogP contribution >= 0.6 is 0 Å². The number of unbranched alkanes of at least 4 members (excludes halogenated alkanes) is 16. The highest BCUT2D eigenvalue weighted by Gasteiger charge is 2.45. The van der Waals surface area contributed by atoms with Crippen molar-refractivity contribution in [3.63, 3.8) is 0 Å². The van der Waals surface area contributed by atoms with Crippen LogP contribution in [0.1, 0.15) is 169 Å². The molecule has 11 nitrogen and oxygen atoms in total. The van der Waals surface area contributed by atoms with Crippen molar-refractivity contribution in [2.75, 3.05) is 25.1 Å². The van der Waals surface area contributed by atoms with Crippen LogP contribution in [-0.2, 0) is 28.7 Å². The summed E-state index contributed by atoms with van der Waals surface area (Å²) >= 11 is 0. The third-order valence-electron chi connectivity index (χ3n) is 9.41. The van der Waals surface area contributed by atoms with Gasteiger partial charge in [-0.05, 0) is 37.8 Å². The molecule has 1 unspecified atom stereocenters. The van der Waals surface area contributed by atoms with Gasteiger partial charge >= 0.3 is 5.97 Å². The monoisotopic (exact) mass is 697 g/mol. The number of carbonyl (C=O) groups excluding carboxylic acids is 6. The zero-order valence-corrected chi connectivity index (χ0v) is 30.2. The van der Waals surface area contributed by atoms with Crippen LogP contribution in [0.25, 0.3) is 0 Å².